The van der Waals surface area contributed by atoms with Crippen LogP contribution >= 0.6 is 11.8 Å². The number of nitrogens with zero attached hydrogens (tertiary/aromatic N) is 2. The Morgan fingerprint density at radius 2 is 1.93 bits per heavy atom. The molecule has 1 spiro atoms. The van der Waals surface area contributed by atoms with Crippen LogP contribution in [-0.2, 0) is 16.0 Å². The van der Waals surface area contributed by atoms with Crippen molar-refractivity contribution in [2.24, 2.45) is 0 Å². The summed E-state index contributed by atoms with van der Waals surface area (Å²) in [6.45, 7) is 1.95. The van der Waals surface area contributed by atoms with Gasteiger partial charge in [0.1, 0.15) is 5.54 Å². The molecule has 2 aromatic rings. The minimum atomic E-state index is -0.847. The van der Waals surface area contributed by atoms with E-state index in [2.05, 4.69) is 20.7 Å². The lowest BCUT2D eigenvalue weighted by Crippen LogP contribution is -2.51. The molecule has 0 atom stereocenters. The molecule has 9 heteroatoms. The summed E-state index contributed by atoms with van der Waals surface area (Å²) in [6.07, 6.45) is 4.80. The molecule has 4 rings (SSSR count). The van der Waals surface area contributed by atoms with E-state index in [1.807, 2.05) is 37.3 Å². The Balaban J connectivity index is 1.32. The van der Waals surface area contributed by atoms with Crippen LogP contribution < -0.4 is 10.7 Å². The van der Waals surface area contributed by atoms with Gasteiger partial charge in [0.2, 0.25) is 5.91 Å². The van der Waals surface area contributed by atoms with Gasteiger partial charge in [-0.3, -0.25) is 15.0 Å². The number of aromatic amines is 1. The quantitative estimate of drug-likeness (QED) is 0.485. The molecule has 2 aliphatic rings. The molecule has 2 fully saturated rings. The van der Waals surface area contributed by atoms with Gasteiger partial charge in [0.05, 0.1) is 11.4 Å². The van der Waals surface area contributed by atoms with E-state index in [1.165, 1.54) is 11.8 Å². The fourth-order valence-corrected chi connectivity index (χ4v) is 4.74. The maximum atomic E-state index is 12.7. The Morgan fingerprint density at radius 3 is 2.67 bits per heavy atom. The minimum absolute atomic E-state index is 0.0434. The molecule has 0 unspecified atom stereocenters. The van der Waals surface area contributed by atoms with Gasteiger partial charge in [-0.05, 0) is 25.3 Å². The van der Waals surface area contributed by atoms with Crippen LogP contribution in [0.2, 0.25) is 0 Å². The highest BCUT2D eigenvalue weighted by Crippen LogP contribution is 2.33. The number of imidazole rings is 1. The van der Waals surface area contributed by atoms with Crippen LogP contribution in [0.4, 0.5) is 4.79 Å². The Hall–Kier alpha value is -2.81. The van der Waals surface area contributed by atoms with Crippen molar-refractivity contribution in [3.63, 3.8) is 0 Å². The van der Waals surface area contributed by atoms with Gasteiger partial charge in [-0.2, -0.15) is 5.01 Å². The summed E-state index contributed by atoms with van der Waals surface area (Å²) in [6, 6.07) is 9.49. The topological polar surface area (TPSA) is 107 Å². The van der Waals surface area contributed by atoms with Gasteiger partial charge in [0.15, 0.2) is 5.16 Å². The number of carbonyl (C=O) groups is 3. The number of rotatable bonds is 6. The molecule has 30 heavy (non-hydrogen) atoms. The number of benzene rings is 1. The maximum absolute atomic E-state index is 12.7. The molecular formula is C21H25N5O3S. The van der Waals surface area contributed by atoms with E-state index in [-0.39, 0.29) is 11.7 Å². The predicted molar refractivity (Wildman–Crippen MR) is 113 cm³/mol. The van der Waals surface area contributed by atoms with Crippen molar-refractivity contribution in [2.75, 3.05) is 5.75 Å². The van der Waals surface area contributed by atoms with Crippen molar-refractivity contribution < 1.29 is 14.4 Å². The molecule has 3 N–H and O–H groups in total. The summed E-state index contributed by atoms with van der Waals surface area (Å²) >= 11 is 1.24. The normalized spacial score (nSPS) is 18.0. The van der Waals surface area contributed by atoms with E-state index < -0.39 is 17.5 Å². The third-order valence-corrected chi connectivity index (χ3v) is 6.50. The number of hydrazine groups is 1. The molecule has 1 saturated carbocycles. The summed E-state index contributed by atoms with van der Waals surface area (Å²) in [4.78, 5) is 45.1. The van der Waals surface area contributed by atoms with Crippen LogP contribution in [0.1, 0.15) is 49.1 Å². The number of aryl methyl sites for hydroxylation is 1. The lowest BCUT2D eigenvalue weighted by Gasteiger charge is -2.30. The Morgan fingerprint density at radius 1 is 1.20 bits per heavy atom. The molecule has 1 aromatic heterocycles. The van der Waals surface area contributed by atoms with Gasteiger partial charge < -0.3 is 10.3 Å². The van der Waals surface area contributed by atoms with E-state index in [9.17, 15) is 14.4 Å². The third-order valence-electron chi connectivity index (χ3n) is 5.62. The standard InChI is InChI=1S/C21H25N5O3S/c1-14-16(12-15-8-4-2-5-9-15)23-19(22-14)30-13-17(27)25-26-18(28)21(24-20(26)29)10-6-3-7-11-21/h2,4-5,8-9H,3,6-7,10-13H2,1H3,(H,22,23)(H,24,29)(H,25,27). The lowest BCUT2D eigenvalue weighted by atomic mass is 9.82. The van der Waals surface area contributed by atoms with Gasteiger partial charge in [0, 0.05) is 12.1 Å². The molecule has 2 heterocycles. The number of hydrogen-bond acceptors (Lipinski definition) is 5. The molecule has 8 nitrogen and oxygen atoms in total. The zero-order valence-corrected chi connectivity index (χ0v) is 17.7. The molecule has 1 saturated heterocycles. The molecule has 158 valence electrons. The van der Waals surface area contributed by atoms with Crippen LogP contribution in [0.3, 0.4) is 0 Å². The highest BCUT2D eigenvalue weighted by molar-refractivity contribution is 7.99. The number of imide groups is 1. The first-order valence-electron chi connectivity index (χ1n) is 10.2. The highest BCUT2D eigenvalue weighted by atomic mass is 32.2. The van der Waals surface area contributed by atoms with Gasteiger partial charge in [-0.25, -0.2) is 9.78 Å². The van der Waals surface area contributed by atoms with E-state index >= 15 is 0 Å². The van der Waals surface area contributed by atoms with E-state index in [4.69, 9.17) is 0 Å². The minimum Gasteiger partial charge on any atom is -0.337 e. The van der Waals surface area contributed by atoms with Gasteiger partial charge in [-0.15, -0.1) is 0 Å². The zero-order chi connectivity index (χ0) is 21.1. The first-order valence-corrected chi connectivity index (χ1v) is 11.1. The number of carbonyl (C=O) groups excluding carboxylic acids is 3. The Bertz CT molecular complexity index is 953. The first-order chi connectivity index (χ1) is 14.5. The second kappa shape index (κ2) is 8.51. The third kappa shape index (κ3) is 4.21. The summed E-state index contributed by atoms with van der Waals surface area (Å²) in [5, 5.41) is 4.25. The largest absolute Gasteiger partial charge is 0.344 e. The van der Waals surface area contributed by atoms with E-state index in [0.29, 0.717) is 24.4 Å². The molecule has 0 radical (unpaired) electrons. The van der Waals surface area contributed by atoms with Crippen molar-refractivity contribution >= 4 is 29.6 Å². The fourth-order valence-electron chi connectivity index (χ4n) is 4.00. The van der Waals surface area contributed by atoms with Crippen LogP contribution in [0.5, 0.6) is 0 Å². The SMILES string of the molecule is Cc1[nH]c(SCC(=O)NN2C(=O)NC3(CCCCC3)C2=O)nc1Cc1ccccc1. The summed E-state index contributed by atoms with van der Waals surface area (Å²) < 4.78 is 0. The van der Waals surface area contributed by atoms with Crippen LogP contribution in [0.25, 0.3) is 0 Å². The second-order valence-electron chi connectivity index (χ2n) is 7.81. The number of urea groups is 1. The van der Waals surface area contributed by atoms with E-state index in [0.717, 1.165) is 41.2 Å². The van der Waals surface area contributed by atoms with Crippen molar-refractivity contribution in [1.82, 2.24) is 25.7 Å². The molecular weight excluding hydrogens is 402 g/mol. The summed E-state index contributed by atoms with van der Waals surface area (Å²) in [7, 11) is 0. The Labute approximate surface area is 179 Å². The highest BCUT2D eigenvalue weighted by Gasteiger charge is 2.52. The zero-order valence-electron chi connectivity index (χ0n) is 16.9. The monoisotopic (exact) mass is 427 g/mol. The molecule has 1 aliphatic heterocycles. The average molecular weight is 428 g/mol. The van der Waals surface area contributed by atoms with Gasteiger partial charge in [-0.1, -0.05) is 61.4 Å². The number of thioether (sulfide) groups is 1. The number of amides is 4. The number of nitrogens with one attached hydrogen (secondary N) is 3. The molecule has 1 aliphatic carbocycles. The second-order valence-corrected chi connectivity index (χ2v) is 8.78. The van der Waals surface area contributed by atoms with E-state index in [1.54, 1.807) is 0 Å². The van der Waals surface area contributed by atoms with Crippen LogP contribution in [0.15, 0.2) is 35.5 Å². The first kappa shape index (κ1) is 20.5. The number of hydrogen-bond donors (Lipinski definition) is 3. The molecule has 4 amide bonds. The number of H-pyrrole nitrogens is 1. The molecule has 1 aromatic carbocycles. The predicted octanol–water partition coefficient (Wildman–Crippen LogP) is 2.69. The van der Waals surface area contributed by atoms with Crippen molar-refractivity contribution in [3.8, 4) is 0 Å². The van der Waals surface area contributed by atoms with Crippen LogP contribution in [0, 0.1) is 6.92 Å². The van der Waals surface area contributed by atoms with Gasteiger partial charge >= 0.3 is 6.03 Å². The van der Waals surface area contributed by atoms with Crippen LogP contribution in [-0.4, -0.2) is 44.1 Å². The lowest BCUT2D eigenvalue weighted by molar-refractivity contribution is -0.139. The summed E-state index contributed by atoms with van der Waals surface area (Å²) in [5.74, 6) is -0.735. The fraction of sp³-hybridized carbons (Fsp3) is 0.429. The molecule has 0 bridgehead atoms. The average Bonchev–Trinajstić information content (AvgIpc) is 3.20. The Kier molecular flexibility index (Phi) is 5.80. The van der Waals surface area contributed by atoms with Gasteiger partial charge in [0.25, 0.3) is 5.91 Å². The summed E-state index contributed by atoms with van der Waals surface area (Å²) in [5.41, 5.74) is 4.65. The van der Waals surface area contributed by atoms with Crippen molar-refractivity contribution in [1.29, 1.82) is 0 Å². The van der Waals surface area contributed by atoms with Crippen molar-refractivity contribution in [2.45, 2.75) is 56.1 Å². The number of aromatic nitrogens is 2. The maximum Gasteiger partial charge on any atom is 0.344 e. The smallest absolute Gasteiger partial charge is 0.337 e. The van der Waals surface area contributed by atoms with Crippen molar-refractivity contribution in [3.05, 3.63) is 47.3 Å².